The fourth-order valence-corrected chi connectivity index (χ4v) is 8.46. The molecule has 0 saturated carbocycles. The molecule has 3 aliphatic rings. The number of fused-ring (bicyclic) bond motifs is 1. The third-order valence-electron chi connectivity index (χ3n) is 9.51. The molecule has 0 aliphatic carbocycles. The molecule has 0 radical (unpaired) electrons. The predicted molar refractivity (Wildman–Crippen MR) is 177 cm³/mol. The summed E-state index contributed by atoms with van der Waals surface area (Å²) in [4.78, 5) is 17.3. The van der Waals surface area contributed by atoms with Crippen molar-refractivity contribution in [1.82, 2.24) is 24.3 Å². The van der Waals surface area contributed by atoms with E-state index >= 15 is 0 Å². The third kappa shape index (κ3) is 6.78. The normalized spacial score (nSPS) is 20.8. The average Bonchev–Trinajstić information content (AvgIpc) is 3.32. The van der Waals surface area contributed by atoms with Crippen molar-refractivity contribution in [3.8, 4) is 0 Å². The van der Waals surface area contributed by atoms with Crippen molar-refractivity contribution in [3.05, 3.63) is 66.0 Å². The van der Waals surface area contributed by atoms with E-state index in [-0.39, 0.29) is 17.4 Å². The molecule has 9 nitrogen and oxygen atoms in total. The molecule has 3 fully saturated rings. The van der Waals surface area contributed by atoms with Crippen molar-refractivity contribution in [2.45, 2.75) is 69.2 Å². The standard InChI is InChI=1S/C34H47N7O2S/c1-24-36-32(42)14-19-41(24)33-30-9-8-27(21-31(30)38(4)37-33)26-10-15-39(16-11-26)23-34(2,3)22-25-6-5-7-29(20-25)44(43)40-17-12-28(35)13-18-40/h5-9,20-21,26,28H,1,10-19,22-23,35H2,2-4H3,(H,36,42). The summed E-state index contributed by atoms with van der Waals surface area (Å²) in [7, 11) is 0.864. The van der Waals surface area contributed by atoms with Gasteiger partial charge in [0.1, 0.15) is 16.8 Å². The maximum absolute atomic E-state index is 13.2. The number of amides is 1. The second kappa shape index (κ2) is 12.7. The van der Waals surface area contributed by atoms with Crippen LogP contribution in [0.1, 0.15) is 63.0 Å². The van der Waals surface area contributed by atoms with Crippen LogP contribution in [-0.2, 0) is 29.2 Å². The number of carbonyl (C=O) groups is 1. The van der Waals surface area contributed by atoms with Crippen LogP contribution >= 0.6 is 0 Å². The van der Waals surface area contributed by atoms with Crippen molar-refractivity contribution >= 4 is 33.6 Å². The molecule has 1 atom stereocenters. The number of nitrogens with two attached hydrogens (primary N) is 1. The minimum atomic E-state index is -1.13. The number of anilines is 1. The molecule has 3 saturated heterocycles. The first-order valence-electron chi connectivity index (χ1n) is 16.0. The van der Waals surface area contributed by atoms with Gasteiger partial charge in [0, 0.05) is 51.1 Å². The average molecular weight is 618 g/mol. The van der Waals surface area contributed by atoms with E-state index in [1.807, 2.05) is 22.7 Å². The summed E-state index contributed by atoms with van der Waals surface area (Å²) in [5, 5.41) is 8.73. The number of hydrogen-bond donors (Lipinski definition) is 2. The smallest absolute Gasteiger partial charge is 0.227 e. The largest absolute Gasteiger partial charge is 0.328 e. The second-order valence-electron chi connectivity index (χ2n) is 13.7. The zero-order valence-corrected chi connectivity index (χ0v) is 27.2. The number of hydrogen-bond acceptors (Lipinski definition) is 6. The second-order valence-corrected chi connectivity index (χ2v) is 15.2. The van der Waals surface area contributed by atoms with Crippen LogP contribution in [-0.4, -0.2) is 74.4 Å². The lowest BCUT2D eigenvalue weighted by Crippen LogP contribution is -2.42. The summed E-state index contributed by atoms with van der Waals surface area (Å²) in [5.74, 6) is 1.97. The van der Waals surface area contributed by atoms with Crippen LogP contribution in [0.5, 0.6) is 0 Å². The van der Waals surface area contributed by atoms with Crippen LogP contribution < -0.4 is 16.0 Å². The van der Waals surface area contributed by atoms with Gasteiger partial charge >= 0.3 is 0 Å². The molecule has 0 spiro atoms. The summed E-state index contributed by atoms with van der Waals surface area (Å²) < 4.78 is 17.3. The van der Waals surface area contributed by atoms with Crippen molar-refractivity contribution in [1.29, 1.82) is 0 Å². The molecule has 10 heteroatoms. The Hall–Kier alpha value is -3.05. The lowest BCUT2D eigenvalue weighted by Gasteiger charge is -2.38. The maximum atomic E-state index is 13.2. The van der Waals surface area contributed by atoms with Gasteiger partial charge in [-0.3, -0.25) is 9.48 Å². The molecule has 1 amide bonds. The van der Waals surface area contributed by atoms with Gasteiger partial charge in [-0.1, -0.05) is 38.6 Å². The van der Waals surface area contributed by atoms with Gasteiger partial charge < -0.3 is 20.9 Å². The minimum Gasteiger partial charge on any atom is -0.328 e. The van der Waals surface area contributed by atoms with E-state index in [0.717, 1.165) is 86.4 Å². The molecular formula is C34H47N7O2S. The molecular weight excluding hydrogens is 570 g/mol. The Labute approximate surface area is 264 Å². The van der Waals surface area contributed by atoms with Gasteiger partial charge in [-0.25, -0.2) is 8.51 Å². The molecule has 44 heavy (non-hydrogen) atoms. The predicted octanol–water partition coefficient (Wildman–Crippen LogP) is 4.26. The van der Waals surface area contributed by atoms with E-state index in [4.69, 9.17) is 10.8 Å². The fourth-order valence-electron chi connectivity index (χ4n) is 7.17. The lowest BCUT2D eigenvalue weighted by molar-refractivity contribution is -0.120. The molecule has 236 valence electrons. The number of nitrogens with zero attached hydrogens (tertiary/aromatic N) is 5. The highest BCUT2D eigenvalue weighted by atomic mass is 32.2. The zero-order chi connectivity index (χ0) is 31.0. The van der Waals surface area contributed by atoms with Crippen molar-refractivity contribution in [2.24, 2.45) is 18.2 Å². The highest BCUT2D eigenvalue weighted by Crippen LogP contribution is 2.35. The summed E-state index contributed by atoms with van der Waals surface area (Å²) in [6, 6.07) is 15.4. The van der Waals surface area contributed by atoms with Gasteiger partial charge in [-0.05, 0) is 91.9 Å². The number of likely N-dealkylation sites (tertiary alicyclic amines) is 1. The van der Waals surface area contributed by atoms with Crippen LogP contribution in [0, 0.1) is 5.41 Å². The van der Waals surface area contributed by atoms with E-state index in [1.54, 1.807) is 0 Å². The third-order valence-corrected chi connectivity index (χ3v) is 11.0. The number of aryl methyl sites for hydroxylation is 1. The number of nitrogens with one attached hydrogen (secondary N) is 1. The number of rotatable bonds is 8. The van der Waals surface area contributed by atoms with Gasteiger partial charge in [-0.2, -0.15) is 5.10 Å². The quantitative estimate of drug-likeness (QED) is 0.392. The van der Waals surface area contributed by atoms with Crippen molar-refractivity contribution in [2.75, 3.05) is 44.2 Å². The van der Waals surface area contributed by atoms with Crippen molar-refractivity contribution < 1.29 is 9.00 Å². The Morgan fingerprint density at radius 2 is 1.80 bits per heavy atom. The van der Waals surface area contributed by atoms with Crippen LogP contribution in [0.3, 0.4) is 0 Å². The summed E-state index contributed by atoms with van der Waals surface area (Å²) >= 11 is 0. The number of aromatic nitrogens is 2. The summed E-state index contributed by atoms with van der Waals surface area (Å²) in [5.41, 5.74) is 9.89. The Balaban J connectivity index is 1.05. The Morgan fingerprint density at radius 1 is 1.05 bits per heavy atom. The Kier molecular flexibility index (Phi) is 8.97. The summed E-state index contributed by atoms with van der Waals surface area (Å²) in [6.07, 6.45) is 5.48. The molecule has 1 unspecified atom stereocenters. The van der Waals surface area contributed by atoms with Crippen molar-refractivity contribution in [3.63, 3.8) is 0 Å². The van der Waals surface area contributed by atoms with Crippen LogP contribution in [0.25, 0.3) is 10.9 Å². The van der Waals surface area contributed by atoms with E-state index < -0.39 is 11.0 Å². The topological polar surface area (TPSA) is 99.7 Å². The molecule has 3 aromatic rings. The van der Waals surface area contributed by atoms with E-state index in [2.05, 4.69) is 71.3 Å². The van der Waals surface area contributed by atoms with Crippen LogP contribution in [0.4, 0.5) is 5.82 Å². The van der Waals surface area contributed by atoms with Gasteiger partial charge in [-0.15, -0.1) is 0 Å². The highest BCUT2D eigenvalue weighted by Gasteiger charge is 2.29. The van der Waals surface area contributed by atoms with Gasteiger partial charge in [0.25, 0.3) is 0 Å². The van der Waals surface area contributed by atoms with E-state index in [9.17, 15) is 9.00 Å². The molecule has 1 aromatic heterocycles. The van der Waals surface area contributed by atoms with Crippen LogP contribution in [0.2, 0.25) is 0 Å². The molecule has 3 N–H and O–H groups in total. The van der Waals surface area contributed by atoms with E-state index in [0.29, 0.717) is 24.7 Å². The number of piperidine rings is 2. The fraction of sp³-hybridized carbons (Fsp3) is 0.529. The Bertz CT molecular complexity index is 1550. The number of benzene rings is 2. The monoisotopic (exact) mass is 617 g/mol. The zero-order valence-electron chi connectivity index (χ0n) is 26.4. The maximum Gasteiger partial charge on any atom is 0.227 e. The molecule has 4 heterocycles. The lowest BCUT2D eigenvalue weighted by atomic mass is 9.83. The first-order valence-corrected chi connectivity index (χ1v) is 17.1. The highest BCUT2D eigenvalue weighted by molar-refractivity contribution is 7.82. The molecule has 2 aromatic carbocycles. The van der Waals surface area contributed by atoms with Gasteiger partial charge in [0.05, 0.1) is 10.4 Å². The first kappa shape index (κ1) is 31.0. The minimum absolute atomic E-state index is 0.00454. The van der Waals surface area contributed by atoms with Gasteiger partial charge in [0.15, 0.2) is 5.82 Å². The SMILES string of the molecule is C=C1NC(=O)CCN1c1nn(C)c2cc(C3CCN(CC(C)(C)Cc4cccc(S(=O)N5CCC(N)CC5)c4)CC3)ccc12. The van der Waals surface area contributed by atoms with Crippen LogP contribution in [0.15, 0.2) is 59.8 Å². The summed E-state index contributed by atoms with van der Waals surface area (Å²) in [6.45, 7) is 14.1. The van der Waals surface area contributed by atoms with E-state index in [1.165, 1.54) is 11.1 Å². The first-order chi connectivity index (χ1) is 21.1. The Morgan fingerprint density at radius 3 is 2.52 bits per heavy atom. The molecule has 6 rings (SSSR count). The number of carbonyl (C=O) groups excluding carboxylic acids is 1. The molecule has 3 aliphatic heterocycles. The molecule has 0 bridgehead atoms. The van der Waals surface area contributed by atoms with Gasteiger partial charge in [0.2, 0.25) is 5.91 Å².